The average molecular weight is 218 g/mol. The molecule has 0 saturated heterocycles. The summed E-state index contributed by atoms with van der Waals surface area (Å²) in [5.41, 5.74) is 0.398. The van der Waals surface area contributed by atoms with E-state index >= 15 is 0 Å². The van der Waals surface area contributed by atoms with Gasteiger partial charge in [0, 0.05) is 0 Å². The Kier molecular flexibility index (Phi) is 5.54. The summed E-state index contributed by atoms with van der Waals surface area (Å²) in [4.78, 5) is 12.7. The number of esters is 1. The molecule has 0 bridgehead atoms. The third-order valence-electron chi connectivity index (χ3n) is 0.832. The van der Waals surface area contributed by atoms with Crippen molar-refractivity contribution in [3.05, 3.63) is 12.2 Å². The van der Waals surface area contributed by atoms with Crippen LogP contribution in [0.25, 0.3) is 0 Å². The van der Waals surface area contributed by atoms with Crippen LogP contribution in [0.2, 0.25) is 5.32 Å². The van der Waals surface area contributed by atoms with Crippen LogP contribution >= 0.6 is 0 Å². The van der Waals surface area contributed by atoms with Crippen LogP contribution in [0, 0.1) is 10.2 Å². The van der Waals surface area contributed by atoms with E-state index in [4.69, 9.17) is 10.00 Å². The number of nitrogens with zero attached hydrogens (tertiary/aromatic N) is 1. The molecule has 0 saturated carbocycles. The molecule has 0 radical (unpaired) electrons. The molecule has 0 aromatic carbocycles. The van der Waals surface area contributed by atoms with Crippen molar-refractivity contribution in [3.63, 3.8) is 0 Å². The molecule has 0 amide bonds. The molecule has 0 aromatic heterocycles. The van der Waals surface area contributed by atoms with Crippen molar-refractivity contribution in [2.75, 3.05) is 6.61 Å². The van der Waals surface area contributed by atoms with E-state index in [1.54, 1.807) is 6.92 Å². The predicted octanol–water partition coefficient (Wildman–Crippen LogP) is 0.709. The van der Waals surface area contributed by atoms with Crippen LogP contribution in [0.15, 0.2) is 12.2 Å². The molecule has 0 unspecified atom stereocenters. The number of hydrogen-bond donors (Lipinski definition) is 0. The maximum atomic E-state index is 10.7. The Morgan fingerprint density at radius 2 is 2.45 bits per heavy atom. The summed E-state index contributed by atoms with van der Waals surface area (Å²) >= 11 is -0.0602. The van der Waals surface area contributed by atoms with E-state index in [1.807, 2.05) is 4.97 Å². The molecule has 0 rings (SSSR count). The van der Waals surface area contributed by atoms with E-state index in [2.05, 4.69) is 6.58 Å². The fraction of sp³-hybridized carbons (Fsp3) is 0.429. The van der Waals surface area contributed by atoms with Crippen molar-refractivity contribution in [3.8, 4) is 4.97 Å². The molecule has 0 heterocycles. The van der Waals surface area contributed by atoms with Gasteiger partial charge in [0.15, 0.2) is 0 Å². The maximum absolute atomic E-state index is 10.7. The molecule has 0 atom stereocenters. The van der Waals surface area contributed by atoms with Gasteiger partial charge < -0.3 is 0 Å². The van der Waals surface area contributed by atoms with Crippen molar-refractivity contribution in [2.24, 2.45) is 0 Å². The van der Waals surface area contributed by atoms with Crippen LogP contribution in [0.3, 0.4) is 0 Å². The van der Waals surface area contributed by atoms with E-state index in [0.29, 0.717) is 17.5 Å². The molecule has 0 aliphatic rings. The summed E-state index contributed by atoms with van der Waals surface area (Å²) in [5.74, 6) is -0.376. The monoisotopic (exact) mass is 219 g/mol. The molecule has 0 aromatic rings. The summed E-state index contributed by atoms with van der Waals surface area (Å²) in [6.07, 6.45) is 0. The standard InChI is InChI=1S/C7H9NO2Se/c1-6(2)7(9)10-3-4-11-5-8/h1,3-4H2,2H3. The van der Waals surface area contributed by atoms with Crippen molar-refractivity contribution in [2.45, 2.75) is 12.2 Å². The van der Waals surface area contributed by atoms with Gasteiger partial charge in [0.2, 0.25) is 0 Å². The fourth-order valence-corrected chi connectivity index (χ4v) is 0.886. The van der Waals surface area contributed by atoms with Crippen LogP contribution in [-0.2, 0) is 9.53 Å². The van der Waals surface area contributed by atoms with Crippen molar-refractivity contribution >= 4 is 20.9 Å². The minimum atomic E-state index is -0.376. The van der Waals surface area contributed by atoms with Gasteiger partial charge in [-0.2, -0.15) is 0 Å². The Labute approximate surface area is 72.2 Å². The Hall–Kier alpha value is -0.781. The molecule has 3 nitrogen and oxygen atoms in total. The van der Waals surface area contributed by atoms with Gasteiger partial charge in [-0.25, -0.2) is 0 Å². The van der Waals surface area contributed by atoms with Gasteiger partial charge in [-0.15, -0.1) is 0 Å². The van der Waals surface area contributed by atoms with Gasteiger partial charge in [-0.3, -0.25) is 0 Å². The number of ether oxygens (including phenoxy) is 1. The first kappa shape index (κ1) is 10.2. The molecular weight excluding hydrogens is 209 g/mol. The number of rotatable bonds is 4. The molecule has 0 aliphatic heterocycles. The zero-order chi connectivity index (χ0) is 8.69. The van der Waals surface area contributed by atoms with Crippen LogP contribution in [0.5, 0.6) is 0 Å². The fourth-order valence-electron chi connectivity index (χ4n) is 0.345. The van der Waals surface area contributed by atoms with Gasteiger partial charge in [0.05, 0.1) is 0 Å². The first-order chi connectivity index (χ1) is 5.18. The van der Waals surface area contributed by atoms with E-state index in [1.165, 1.54) is 0 Å². The Bertz CT molecular complexity index is 195. The van der Waals surface area contributed by atoms with Crippen molar-refractivity contribution in [1.82, 2.24) is 0 Å². The Morgan fingerprint density at radius 1 is 1.82 bits per heavy atom. The Morgan fingerprint density at radius 3 is 2.91 bits per heavy atom. The third-order valence-corrected chi connectivity index (χ3v) is 1.88. The molecule has 0 aliphatic carbocycles. The van der Waals surface area contributed by atoms with Crippen LogP contribution in [-0.4, -0.2) is 27.5 Å². The van der Waals surface area contributed by atoms with Gasteiger partial charge in [0.25, 0.3) is 0 Å². The summed E-state index contributed by atoms with van der Waals surface area (Å²) in [7, 11) is 0. The summed E-state index contributed by atoms with van der Waals surface area (Å²) in [6.45, 7) is 5.35. The number of carbonyl (C=O) groups excluding carboxylic acids is 1. The average Bonchev–Trinajstić information content (AvgIpc) is 1.97. The zero-order valence-electron chi connectivity index (χ0n) is 6.29. The topological polar surface area (TPSA) is 50.1 Å². The zero-order valence-corrected chi connectivity index (χ0v) is 8.01. The summed E-state index contributed by atoms with van der Waals surface area (Å²) < 4.78 is 4.73. The van der Waals surface area contributed by atoms with E-state index < -0.39 is 0 Å². The molecule has 0 N–H and O–H groups in total. The molecule has 4 heteroatoms. The van der Waals surface area contributed by atoms with Crippen molar-refractivity contribution < 1.29 is 9.53 Å². The van der Waals surface area contributed by atoms with Crippen LogP contribution in [0.4, 0.5) is 0 Å². The van der Waals surface area contributed by atoms with E-state index in [0.717, 1.165) is 0 Å². The predicted molar refractivity (Wildman–Crippen MR) is 41.9 cm³/mol. The first-order valence-corrected chi connectivity index (χ1v) is 5.08. The molecular formula is C7H9NO2Se. The number of nitriles is 1. The Balaban J connectivity index is 3.34. The molecule has 60 valence electrons. The number of hydrogen-bond acceptors (Lipinski definition) is 3. The minimum absolute atomic E-state index is 0.0602. The van der Waals surface area contributed by atoms with E-state index in [-0.39, 0.29) is 20.9 Å². The van der Waals surface area contributed by atoms with Crippen LogP contribution in [0.1, 0.15) is 6.92 Å². The van der Waals surface area contributed by atoms with Crippen molar-refractivity contribution in [1.29, 1.82) is 5.26 Å². The summed E-state index contributed by atoms with van der Waals surface area (Å²) in [6, 6.07) is 0. The van der Waals surface area contributed by atoms with Gasteiger partial charge in [-0.05, 0) is 0 Å². The van der Waals surface area contributed by atoms with Gasteiger partial charge >= 0.3 is 71.7 Å². The van der Waals surface area contributed by atoms with E-state index in [9.17, 15) is 4.79 Å². The second-order valence-electron chi connectivity index (χ2n) is 1.86. The third kappa shape index (κ3) is 5.65. The molecule has 11 heavy (non-hydrogen) atoms. The van der Waals surface area contributed by atoms with Gasteiger partial charge in [-0.1, -0.05) is 0 Å². The SMILES string of the molecule is C=C(C)C(=O)OCC[Se]C#N. The quantitative estimate of drug-likeness (QED) is 0.302. The summed E-state index contributed by atoms with van der Waals surface area (Å²) in [5, 5.41) is 8.82. The molecule has 0 spiro atoms. The normalized spacial score (nSPS) is 8.36. The van der Waals surface area contributed by atoms with Crippen LogP contribution < -0.4 is 0 Å². The first-order valence-electron chi connectivity index (χ1n) is 3.02. The second-order valence-corrected chi connectivity index (χ2v) is 3.70. The molecule has 0 fully saturated rings. The number of carbonyl (C=O) groups is 1. The second kappa shape index (κ2) is 5.96. The van der Waals surface area contributed by atoms with Gasteiger partial charge in [0.1, 0.15) is 0 Å².